The average molecular weight is 374 g/mol. The van der Waals surface area contributed by atoms with Crippen molar-refractivity contribution in [3.63, 3.8) is 0 Å². The predicted molar refractivity (Wildman–Crippen MR) is 94.6 cm³/mol. The van der Waals surface area contributed by atoms with Crippen LogP contribution >= 0.6 is 22.7 Å². The molecule has 0 aliphatic rings. The van der Waals surface area contributed by atoms with E-state index in [0.29, 0.717) is 30.1 Å². The number of carbonyl (C=O) groups is 1. The summed E-state index contributed by atoms with van der Waals surface area (Å²) >= 11 is 2.96. The number of aryl methyl sites for hydroxylation is 1. The second-order valence-electron chi connectivity index (χ2n) is 5.14. The summed E-state index contributed by atoms with van der Waals surface area (Å²) in [4.78, 5) is 17.3. The van der Waals surface area contributed by atoms with Gasteiger partial charge < -0.3 is 5.32 Å². The Kier molecular flexibility index (Phi) is 5.90. The molecule has 0 saturated heterocycles. The van der Waals surface area contributed by atoms with Crippen LogP contribution in [-0.2, 0) is 10.0 Å². The fourth-order valence-corrected chi connectivity index (χ4v) is 4.02. The van der Waals surface area contributed by atoms with E-state index < -0.39 is 10.0 Å². The molecular formula is C14H19N3O3S3. The van der Waals surface area contributed by atoms with Gasteiger partial charge in [0.15, 0.2) is 0 Å². The largest absolute Gasteiger partial charge is 0.351 e. The summed E-state index contributed by atoms with van der Waals surface area (Å²) < 4.78 is 23.8. The third-order valence-corrected chi connectivity index (χ3v) is 6.48. The third-order valence-electron chi connectivity index (χ3n) is 3.27. The van der Waals surface area contributed by atoms with E-state index in [4.69, 9.17) is 0 Å². The molecule has 126 valence electrons. The SMILES string of the molecule is Cc1nc(-c2ccsc2)sc1C(=O)NCCCN(C)S(C)(=O)=O. The fraction of sp³-hybridized carbons (Fsp3) is 0.429. The van der Waals surface area contributed by atoms with Gasteiger partial charge in [0.2, 0.25) is 10.0 Å². The molecule has 0 radical (unpaired) electrons. The van der Waals surface area contributed by atoms with Crippen molar-refractivity contribution in [2.75, 3.05) is 26.4 Å². The topological polar surface area (TPSA) is 79.4 Å². The first-order valence-corrected chi connectivity index (χ1v) is 10.6. The Morgan fingerprint density at radius 2 is 2.17 bits per heavy atom. The Bertz CT molecular complexity index is 767. The van der Waals surface area contributed by atoms with E-state index in [0.717, 1.165) is 16.8 Å². The summed E-state index contributed by atoms with van der Waals surface area (Å²) in [6, 6.07) is 1.98. The van der Waals surface area contributed by atoms with Crippen molar-refractivity contribution in [2.45, 2.75) is 13.3 Å². The number of amides is 1. The van der Waals surface area contributed by atoms with Gasteiger partial charge in [-0.15, -0.1) is 11.3 Å². The number of nitrogens with zero attached hydrogens (tertiary/aromatic N) is 2. The molecular weight excluding hydrogens is 354 g/mol. The Hall–Kier alpha value is -1.29. The summed E-state index contributed by atoms with van der Waals surface area (Å²) in [5, 5.41) is 7.63. The van der Waals surface area contributed by atoms with Crippen LogP contribution in [0, 0.1) is 6.92 Å². The van der Waals surface area contributed by atoms with E-state index in [1.165, 1.54) is 22.7 Å². The highest BCUT2D eigenvalue weighted by Gasteiger charge is 2.16. The van der Waals surface area contributed by atoms with E-state index in [-0.39, 0.29) is 5.91 Å². The van der Waals surface area contributed by atoms with Crippen molar-refractivity contribution < 1.29 is 13.2 Å². The predicted octanol–water partition coefficient (Wildman–Crippen LogP) is 2.19. The molecule has 0 spiro atoms. The van der Waals surface area contributed by atoms with Gasteiger partial charge in [-0.25, -0.2) is 17.7 Å². The minimum atomic E-state index is -3.17. The zero-order valence-electron chi connectivity index (χ0n) is 13.2. The van der Waals surface area contributed by atoms with Crippen LogP contribution in [0.4, 0.5) is 0 Å². The van der Waals surface area contributed by atoms with Crippen LogP contribution in [0.2, 0.25) is 0 Å². The summed E-state index contributed by atoms with van der Waals surface area (Å²) in [5.74, 6) is -0.163. The first kappa shape index (κ1) is 18.1. The molecule has 1 amide bonds. The van der Waals surface area contributed by atoms with Crippen LogP contribution in [0.15, 0.2) is 16.8 Å². The van der Waals surface area contributed by atoms with Crippen LogP contribution in [0.1, 0.15) is 21.8 Å². The van der Waals surface area contributed by atoms with Gasteiger partial charge in [-0.05, 0) is 24.8 Å². The maximum atomic E-state index is 12.2. The van der Waals surface area contributed by atoms with Crippen molar-refractivity contribution in [3.8, 4) is 10.6 Å². The molecule has 2 heterocycles. The molecule has 2 aromatic rings. The zero-order valence-corrected chi connectivity index (χ0v) is 15.6. The average Bonchev–Trinajstić information content (AvgIpc) is 3.11. The van der Waals surface area contributed by atoms with E-state index in [2.05, 4.69) is 10.3 Å². The number of carbonyl (C=O) groups excluding carboxylic acids is 1. The minimum absolute atomic E-state index is 0.163. The first-order valence-electron chi connectivity index (χ1n) is 6.98. The number of thiazole rings is 1. The van der Waals surface area contributed by atoms with Crippen molar-refractivity contribution in [2.24, 2.45) is 0 Å². The van der Waals surface area contributed by atoms with Crippen molar-refractivity contribution in [1.82, 2.24) is 14.6 Å². The highest BCUT2D eigenvalue weighted by molar-refractivity contribution is 7.88. The van der Waals surface area contributed by atoms with Gasteiger partial charge in [-0.3, -0.25) is 4.79 Å². The molecule has 0 atom stereocenters. The molecule has 9 heteroatoms. The van der Waals surface area contributed by atoms with E-state index >= 15 is 0 Å². The quantitative estimate of drug-likeness (QED) is 0.755. The molecule has 0 fully saturated rings. The van der Waals surface area contributed by atoms with Crippen molar-refractivity contribution in [1.29, 1.82) is 0 Å². The van der Waals surface area contributed by atoms with E-state index in [9.17, 15) is 13.2 Å². The smallest absolute Gasteiger partial charge is 0.263 e. The Morgan fingerprint density at radius 1 is 1.43 bits per heavy atom. The lowest BCUT2D eigenvalue weighted by Gasteiger charge is -2.13. The second-order valence-corrected chi connectivity index (χ2v) is 9.01. The van der Waals surface area contributed by atoms with Crippen LogP contribution in [0.5, 0.6) is 0 Å². The summed E-state index contributed by atoms with van der Waals surface area (Å²) in [6.07, 6.45) is 1.72. The second kappa shape index (κ2) is 7.52. The molecule has 2 rings (SSSR count). The molecule has 0 saturated carbocycles. The summed E-state index contributed by atoms with van der Waals surface area (Å²) in [7, 11) is -1.65. The molecule has 23 heavy (non-hydrogen) atoms. The minimum Gasteiger partial charge on any atom is -0.351 e. The summed E-state index contributed by atoms with van der Waals surface area (Å²) in [5.41, 5.74) is 1.74. The number of thiophene rings is 1. The van der Waals surface area contributed by atoms with Crippen molar-refractivity contribution >= 4 is 38.6 Å². The first-order chi connectivity index (χ1) is 10.8. The lowest BCUT2D eigenvalue weighted by molar-refractivity contribution is 0.0956. The number of hydrogen-bond acceptors (Lipinski definition) is 6. The number of hydrogen-bond donors (Lipinski definition) is 1. The molecule has 0 bridgehead atoms. The van der Waals surface area contributed by atoms with Crippen LogP contribution < -0.4 is 5.32 Å². The highest BCUT2D eigenvalue weighted by Crippen LogP contribution is 2.29. The lowest BCUT2D eigenvalue weighted by atomic mass is 10.3. The molecule has 6 nitrogen and oxygen atoms in total. The Balaban J connectivity index is 1.89. The maximum Gasteiger partial charge on any atom is 0.263 e. The van der Waals surface area contributed by atoms with Gasteiger partial charge in [-0.1, -0.05) is 0 Å². The van der Waals surface area contributed by atoms with E-state index in [1.54, 1.807) is 11.3 Å². The van der Waals surface area contributed by atoms with Crippen LogP contribution in [0.25, 0.3) is 10.6 Å². The Morgan fingerprint density at radius 3 is 2.78 bits per heavy atom. The molecule has 1 N–H and O–H groups in total. The number of nitrogens with one attached hydrogen (secondary N) is 1. The third kappa shape index (κ3) is 4.84. The van der Waals surface area contributed by atoms with Gasteiger partial charge in [-0.2, -0.15) is 11.3 Å². The number of sulfonamides is 1. The van der Waals surface area contributed by atoms with Crippen molar-refractivity contribution in [3.05, 3.63) is 27.4 Å². The van der Waals surface area contributed by atoms with Gasteiger partial charge in [0.1, 0.15) is 9.88 Å². The standard InChI is InChI=1S/C14H19N3O3S3/c1-10-12(22-14(16-10)11-5-8-21-9-11)13(18)15-6-4-7-17(2)23(3,19)20/h5,8-9H,4,6-7H2,1-3H3,(H,15,18). The fourth-order valence-electron chi connectivity index (χ4n) is 1.87. The van der Waals surface area contributed by atoms with E-state index in [1.807, 2.05) is 23.8 Å². The Labute approximate surface area is 144 Å². The number of aromatic nitrogens is 1. The molecule has 0 unspecified atom stereocenters. The lowest BCUT2D eigenvalue weighted by Crippen LogP contribution is -2.30. The molecule has 0 aromatic carbocycles. The number of rotatable bonds is 7. The zero-order chi connectivity index (χ0) is 17.0. The monoisotopic (exact) mass is 373 g/mol. The molecule has 0 aliphatic carbocycles. The highest BCUT2D eigenvalue weighted by atomic mass is 32.2. The van der Waals surface area contributed by atoms with Crippen LogP contribution in [0.3, 0.4) is 0 Å². The maximum absolute atomic E-state index is 12.2. The molecule has 0 aliphatic heterocycles. The van der Waals surface area contributed by atoms with Gasteiger partial charge in [0.05, 0.1) is 11.9 Å². The summed E-state index contributed by atoms with van der Waals surface area (Å²) in [6.45, 7) is 2.61. The molecule has 2 aromatic heterocycles. The van der Waals surface area contributed by atoms with Gasteiger partial charge in [0.25, 0.3) is 5.91 Å². The normalized spacial score (nSPS) is 11.8. The van der Waals surface area contributed by atoms with Crippen LogP contribution in [-0.4, -0.2) is 50.0 Å². The van der Waals surface area contributed by atoms with Gasteiger partial charge >= 0.3 is 0 Å². The van der Waals surface area contributed by atoms with Gasteiger partial charge in [0, 0.05) is 31.1 Å².